The van der Waals surface area contributed by atoms with E-state index in [4.69, 9.17) is 4.74 Å². The Hall–Kier alpha value is -2.87. The van der Waals surface area contributed by atoms with Gasteiger partial charge in [-0.1, -0.05) is 12.1 Å². The first-order valence-electron chi connectivity index (χ1n) is 10.3. The molecule has 3 N–H and O–H groups in total. The third-order valence-electron chi connectivity index (χ3n) is 5.18. The van der Waals surface area contributed by atoms with Crippen LogP contribution in [0.15, 0.2) is 24.3 Å². The molecule has 2 aliphatic carbocycles. The van der Waals surface area contributed by atoms with Gasteiger partial charge in [0.25, 0.3) is 5.91 Å². The highest BCUT2D eigenvalue weighted by Crippen LogP contribution is 2.39. The second kappa shape index (κ2) is 8.87. The molecule has 4 rings (SSSR count). The lowest BCUT2D eigenvalue weighted by molar-refractivity contribution is -0.114. The predicted molar refractivity (Wildman–Crippen MR) is 116 cm³/mol. The van der Waals surface area contributed by atoms with Gasteiger partial charge in [0.2, 0.25) is 5.91 Å². The number of anilines is 2. The summed E-state index contributed by atoms with van der Waals surface area (Å²) in [6.45, 7) is 2.04. The van der Waals surface area contributed by atoms with Gasteiger partial charge in [-0.25, -0.2) is 4.79 Å². The van der Waals surface area contributed by atoms with Crippen molar-refractivity contribution < 1.29 is 19.1 Å². The van der Waals surface area contributed by atoms with Crippen molar-refractivity contribution in [3.05, 3.63) is 45.8 Å². The molecule has 0 aliphatic heterocycles. The minimum absolute atomic E-state index is 0.0153. The number of nitrogens with one attached hydrogen (secondary N) is 3. The Bertz CT molecular complexity index is 981. The zero-order valence-corrected chi connectivity index (χ0v) is 17.7. The molecule has 2 aromatic rings. The molecule has 0 bridgehead atoms. The molecular formula is C22H25N3O4S. The number of hydrogen-bond acceptors (Lipinski definition) is 6. The van der Waals surface area contributed by atoms with Crippen LogP contribution in [-0.4, -0.2) is 37.0 Å². The highest BCUT2D eigenvalue weighted by molar-refractivity contribution is 7.17. The van der Waals surface area contributed by atoms with Gasteiger partial charge in [-0.15, -0.1) is 11.3 Å². The topological polar surface area (TPSA) is 96.5 Å². The van der Waals surface area contributed by atoms with Crippen LogP contribution in [0.25, 0.3) is 0 Å². The Morgan fingerprint density at radius 2 is 1.97 bits per heavy atom. The van der Waals surface area contributed by atoms with Crippen molar-refractivity contribution >= 4 is 39.8 Å². The predicted octanol–water partition coefficient (Wildman–Crippen LogP) is 3.36. The van der Waals surface area contributed by atoms with Gasteiger partial charge in [-0.2, -0.15) is 0 Å². The summed E-state index contributed by atoms with van der Waals surface area (Å²) in [4.78, 5) is 38.6. The third-order valence-corrected chi connectivity index (χ3v) is 6.38. The van der Waals surface area contributed by atoms with Crippen LogP contribution in [-0.2, 0) is 22.4 Å². The molecule has 1 heterocycles. The third kappa shape index (κ3) is 4.48. The molecule has 0 radical (unpaired) electrons. The van der Waals surface area contributed by atoms with Gasteiger partial charge in [0, 0.05) is 16.6 Å². The number of thiophene rings is 1. The van der Waals surface area contributed by atoms with Gasteiger partial charge in [-0.05, 0) is 56.7 Å². The number of rotatable bonds is 8. The summed E-state index contributed by atoms with van der Waals surface area (Å²) in [5.41, 5.74) is 2.61. The normalized spacial score (nSPS) is 14.7. The molecule has 2 aliphatic rings. The average Bonchev–Trinajstić information content (AvgIpc) is 3.31. The molecule has 1 saturated carbocycles. The summed E-state index contributed by atoms with van der Waals surface area (Å²) in [5, 5.41) is 9.41. The monoisotopic (exact) mass is 427 g/mol. The van der Waals surface area contributed by atoms with Crippen molar-refractivity contribution in [1.82, 2.24) is 5.32 Å². The Kier molecular flexibility index (Phi) is 6.03. The number of carbonyl (C=O) groups is 3. The highest BCUT2D eigenvalue weighted by atomic mass is 32.1. The highest BCUT2D eigenvalue weighted by Gasteiger charge is 2.28. The minimum atomic E-state index is -0.387. The van der Waals surface area contributed by atoms with E-state index in [1.54, 1.807) is 25.1 Å². The molecule has 2 amide bonds. The number of aryl methyl sites for hydroxylation is 1. The van der Waals surface area contributed by atoms with E-state index in [1.807, 2.05) is 6.07 Å². The van der Waals surface area contributed by atoms with E-state index in [0.717, 1.165) is 42.5 Å². The first-order chi connectivity index (χ1) is 14.6. The van der Waals surface area contributed by atoms with Crippen LogP contribution in [0.1, 0.15) is 57.3 Å². The van der Waals surface area contributed by atoms with Gasteiger partial charge in [-0.3, -0.25) is 9.59 Å². The number of para-hydroxylation sites is 1. The Balaban J connectivity index is 1.43. The molecule has 0 atom stereocenters. The molecule has 1 fully saturated rings. The summed E-state index contributed by atoms with van der Waals surface area (Å²) in [6, 6.07) is 7.39. The standard InChI is InChI=1S/C22H25N3O4S/c1-2-29-22(28)19-15-7-5-9-17(15)30-21(19)25-18(26)12-23-16-8-4-3-6-14(16)20(27)24-13-10-11-13/h3-4,6,8,13,23H,2,5,7,9-12H2,1H3,(H,24,27)(H,25,26). The van der Waals surface area contributed by atoms with Crippen LogP contribution >= 0.6 is 11.3 Å². The molecule has 7 nitrogen and oxygen atoms in total. The number of ether oxygens (including phenoxy) is 1. The maximum absolute atomic E-state index is 12.6. The smallest absolute Gasteiger partial charge is 0.341 e. The van der Waals surface area contributed by atoms with E-state index in [2.05, 4.69) is 16.0 Å². The summed E-state index contributed by atoms with van der Waals surface area (Å²) < 4.78 is 5.20. The second-order valence-electron chi connectivity index (χ2n) is 7.48. The molecule has 8 heteroatoms. The molecule has 30 heavy (non-hydrogen) atoms. The Morgan fingerprint density at radius 1 is 1.17 bits per heavy atom. The number of carbonyl (C=O) groups excluding carboxylic acids is 3. The summed E-state index contributed by atoms with van der Waals surface area (Å²) in [6.07, 6.45) is 4.79. The van der Waals surface area contributed by atoms with Gasteiger partial charge in [0.15, 0.2) is 0 Å². The lowest BCUT2D eigenvalue weighted by Gasteiger charge is -2.12. The molecule has 0 saturated heterocycles. The lowest BCUT2D eigenvalue weighted by atomic mass is 10.1. The molecule has 1 aromatic heterocycles. The molecular weight excluding hydrogens is 402 g/mol. The maximum atomic E-state index is 12.6. The van der Waals surface area contributed by atoms with Crippen LogP contribution in [0.3, 0.4) is 0 Å². The zero-order chi connectivity index (χ0) is 21.1. The zero-order valence-electron chi connectivity index (χ0n) is 16.9. The van der Waals surface area contributed by atoms with Crippen molar-refractivity contribution in [2.24, 2.45) is 0 Å². The number of esters is 1. The number of benzene rings is 1. The lowest BCUT2D eigenvalue weighted by Crippen LogP contribution is -2.27. The second-order valence-corrected chi connectivity index (χ2v) is 8.58. The first kappa shape index (κ1) is 20.4. The van der Waals surface area contributed by atoms with E-state index in [-0.39, 0.29) is 37.0 Å². The summed E-state index contributed by atoms with van der Waals surface area (Å²) in [5.74, 6) is -0.805. The van der Waals surface area contributed by atoms with Crippen molar-refractivity contribution in [2.75, 3.05) is 23.8 Å². The maximum Gasteiger partial charge on any atom is 0.341 e. The molecule has 0 unspecified atom stereocenters. The van der Waals surface area contributed by atoms with Crippen LogP contribution in [0.5, 0.6) is 0 Å². The number of hydrogen-bond donors (Lipinski definition) is 3. The Morgan fingerprint density at radius 3 is 2.73 bits per heavy atom. The van der Waals surface area contributed by atoms with Crippen molar-refractivity contribution in [2.45, 2.75) is 45.1 Å². The average molecular weight is 428 g/mol. The SMILES string of the molecule is CCOC(=O)c1c(NC(=O)CNc2ccccc2C(=O)NC2CC2)sc2c1CCC2. The van der Waals surface area contributed by atoms with Gasteiger partial charge < -0.3 is 20.7 Å². The minimum Gasteiger partial charge on any atom is -0.462 e. The van der Waals surface area contributed by atoms with E-state index in [9.17, 15) is 14.4 Å². The number of fused-ring (bicyclic) bond motifs is 1. The van der Waals surface area contributed by atoms with Crippen LogP contribution in [0.2, 0.25) is 0 Å². The van der Waals surface area contributed by atoms with Crippen LogP contribution < -0.4 is 16.0 Å². The van der Waals surface area contributed by atoms with Crippen LogP contribution in [0, 0.1) is 0 Å². The fourth-order valence-corrected chi connectivity index (χ4v) is 4.88. The Labute approximate surface area is 179 Å². The largest absolute Gasteiger partial charge is 0.462 e. The van der Waals surface area contributed by atoms with E-state index < -0.39 is 0 Å². The first-order valence-corrected chi connectivity index (χ1v) is 11.1. The van der Waals surface area contributed by atoms with Crippen molar-refractivity contribution in [1.29, 1.82) is 0 Å². The van der Waals surface area contributed by atoms with E-state index in [0.29, 0.717) is 21.8 Å². The van der Waals surface area contributed by atoms with E-state index in [1.165, 1.54) is 11.3 Å². The van der Waals surface area contributed by atoms with E-state index >= 15 is 0 Å². The summed E-state index contributed by atoms with van der Waals surface area (Å²) in [7, 11) is 0. The van der Waals surface area contributed by atoms with Gasteiger partial charge in [0.1, 0.15) is 5.00 Å². The molecule has 158 valence electrons. The van der Waals surface area contributed by atoms with Gasteiger partial charge in [0.05, 0.1) is 24.3 Å². The van der Waals surface area contributed by atoms with Crippen molar-refractivity contribution in [3.63, 3.8) is 0 Å². The fourth-order valence-electron chi connectivity index (χ4n) is 3.58. The van der Waals surface area contributed by atoms with Crippen molar-refractivity contribution in [3.8, 4) is 0 Å². The summed E-state index contributed by atoms with van der Waals surface area (Å²) >= 11 is 1.45. The fraction of sp³-hybridized carbons (Fsp3) is 0.409. The van der Waals surface area contributed by atoms with Gasteiger partial charge >= 0.3 is 5.97 Å². The van der Waals surface area contributed by atoms with Crippen LogP contribution in [0.4, 0.5) is 10.7 Å². The molecule has 0 spiro atoms. The molecule has 1 aromatic carbocycles. The quantitative estimate of drug-likeness (QED) is 0.562. The number of amides is 2.